The fraction of sp³-hybridized carbons (Fsp3) is 0.381. The molecule has 0 aliphatic heterocycles. The van der Waals surface area contributed by atoms with E-state index in [0.29, 0.717) is 6.54 Å². The molecule has 32 heavy (non-hydrogen) atoms. The highest BCUT2D eigenvalue weighted by Gasteiger charge is 2.32. The Morgan fingerprint density at radius 2 is 1.91 bits per heavy atom. The number of aryl methyl sites for hydroxylation is 1. The van der Waals surface area contributed by atoms with Gasteiger partial charge < -0.3 is 4.74 Å². The number of nitrogens with zero attached hydrogens (tertiary/aromatic N) is 4. The van der Waals surface area contributed by atoms with Crippen LogP contribution in [0.3, 0.4) is 0 Å². The van der Waals surface area contributed by atoms with E-state index in [1.807, 2.05) is 22.4 Å². The number of halogens is 2. The van der Waals surface area contributed by atoms with Crippen LogP contribution >= 0.6 is 0 Å². The minimum atomic E-state index is -4.54. The monoisotopic (exact) mass is 463 g/mol. The fourth-order valence-electron chi connectivity index (χ4n) is 4.07. The van der Waals surface area contributed by atoms with Gasteiger partial charge in [-0.15, -0.1) is 0 Å². The average Bonchev–Trinajstić information content (AvgIpc) is 3.22. The molecule has 0 radical (unpaired) electrons. The van der Waals surface area contributed by atoms with E-state index in [9.17, 15) is 17.2 Å². The molecule has 1 fully saturated rings. The van der Waals surface area contributed by atoms with Crippen LogP contribution in [-0.4, -0.2) is 34.3 Å². The van der Waals surface area contributed by atoms with Crippen LogP contribution in [0.15, 0.2) is 47.9 Å². The van der Waals surface area contributed by atoms with Gasteiger partial charge in [0.25, 0.3) is 10.0 Å². The van der Waals surface area contributed by atoms with Crippen molar-refractivity contribution in [3.63, 3.8) is 0 Å². The lowest BCUT2D eigenvalue weighted by atomic mass is 9.84. The second-order valence-corrected chi connectivity index (χ2v) is 9.15. The highest BCUT2D eigenvalue weighted by molar-refractivity contribution is 7.92. The molecule has 1 saturated carbocycles. The van der Waals surface area contributed by atoms with Crippen molar-refractivity contribution in [2.24, 2.45) is 0 Å². The van der Waals surface area contributed by atoms with E-state index < -0.39 is 26.6 Å². The topological polar surface area (TPSA) is 99.0 Å². The summed E-state index contributed by atoms with van der Waals surface area (Å²) < 4.78 is 64.5. The fourth-order valence-corrected chi connectivity index (χ4v) is 5.20. The molecule has 11 heteroatoms. The van der Waals surface area contributed by atoms with Crippen LogP contribution in [0.5, 0.6) is 5.75 Å². The van der Waals surface area contributed by atoms with Gasteiger partial charge in [0.2, 0.25) is 0 Å². The first-order valence-corrected chi connectivity index (χ1v) is 11.8. The van der Waals surface area contributed by atoms with Crippen molar-refractivity contribution in [3.8, 4) is 5.75 Å². The molecule has 2 atom stereocenters. The zero-order chi connectivity index (χ0) is 22.7. The van der Waals surface area contributed by atoms with Crippen molar-refractivity contribution >= 4 is 15.8 Å². The molecule has 0 bridgehead atoms. The number of hydrogen-bond donors (Lipinski definition) is 1. The van der Waals surface area contributed by atoms with Crippen molar-refractivity contribution in [2.45, 2.75) is 56.1 Å². The number of benzene rings is 1. The molecule has 1 unspecified atom stereocenters. The highest BCUT2D eigenvalue weighted by Crippen LogP contribution is 2.36. The van der Waals surface area contributed by atoms with Gasteiger partial charge in [0, 0.05) is 42.7 Å². The van der Waals surface area contributed by atoms with Crippen LogP contribution in [0.4, 0.5) is 14.6 Å². The van der Waals surface area contributed by atoms with Gasteiger partial charge in [-0.1, -0.05) is 6.42 Å². The van der Waals surface area contributed by atoms with Gasteiger partial charge in [0.05, 0.1) is 0 Å². The predicted octanol–water partition coefficient (Wildman–Crippen LogP) is 3.88. The summed E-state index contributed by atoms with van der Waals surface area (Å²) in [4.78, 5) is 6.29. The molecule has 4 rings (SSSR count). The Labute approximate surface area is 184 Å². The van der Waals surface area contributed by atoms with Gasteiger partial charge >= 0.3 is 0 Å². The molecule has 1 aromatic carbocycles. The maximum absolute atomic E-state index is 14.8. The van der Waals surface area contributed by atoms with Crippen molar-refractivity contribution in [1.29, 1.82) is 0 Å². The summed E-state index contributed by atoms with van der Waals surface area (Å²) in [5.74, 6) is -2.61. The smallest absolute Gasteiger partial charge is 0.268 e. The molecule has 0 amide bonds. The maximum atomic E-state index is 14.8. The number of ether oxygens (including phenoxy) is 1. The summed E-state index contributed by atoms with van der Waals surface area (Å²) in [5.41, 5.74) is 1.02. The van der Waals surface area contributed by atoms with Crippen molar-refractivity contribution in [2.75, 3.05) is 4.72 Å². The van der Waals surface area contributed by atoms with Gasteiger partial charge in [-0.25, -0.2) is 27.2 Å². The van der Waals surface area contributed by atoms with Crippen LogP contribution in [0, 0.1) is 11.6 Å². The zero-order valence-corrected chi connectivity index (χ0v) is 18.2. The molecule has 8 nitrogen and oxygen atoms in total. The van der Waals surface area contributed by atoms with E-state index in [4.69, 9.17) is 4.74 Å². The minimum absolute atomic E-state index is 0.0279. The van der Waals surface area contributed by atoms with Crippen LogP contribution < -0.4 is 9.46 Å². The molecular formula is C21H23F2N5O3S. The Morgan fingerprint density at radius 3 is 2.59 bits per heavy atom. The summed E-state index contributed by atoms with van der Waals surface area (Å²) in [6.07, 6.45) is 7.40. The molecule has 0 saturated heterocycles. The van der Waals surface area contributed by atoms with Gasteiger partial charge in [-0.3, -0.25) is 9.40 Å². The lowest BCUT2D eigenvalue weighted by Crippen LogP contribution is -2.30. The molecule has 3 aromatic rings. The van der Waals surface area contributed by atoms with Crippen molar-refractivity contribution < 1.29 is 21.9 Å². The normalized spacial score (nSPS) is 19.0. The SMILES string of the molecule is CCn1nccc1[C@H]1CCCCC1Oc1cc(F)c(S(=O)(=O)Nc2ccncn2)c(F)c1. The van der Waals surface area contributed by atoms with E-state index in [1.165, 1.54) is 12.3 Å². The third-order valence-electron chi connectivity index (χ3n) is 5.48. The molecule has 2 aromatic heterocycles. The Kier molecular flexibility index (Phi) is 6.35. The van der Waals surface area contributed by atoms with E-state index in [-0.39, 0.29) is 23.6 Å². The Hall–Kier alpha value is -3.08. The number of hydrogen-bond acceptors (Lipinski definition) is 6. The summed E-state index contributed by atoms with van der Waals surface area (Å²) in [6.45, 7) is 2.70. The molecule has 0 spiro atoms. The van der Waals surface area contributed by atoms with Gasteiger partial charge in [-0.2, -0.15) is 5.10 Å². The first kappa shape index (κ1) is 22.1. The zero-order valence-electron chi connectivity index (χ0n) is 17.4. The third kappa shape index (κ3) is 4.57. The Morgan fingerprint density at radius 1 is 1.16 bits per heavy atom. The summed E-state index contributed by atoms with van der Waals surface area (Å²) in [7, 11) is -4.54. The number of nitrogens with one attached hydrogen (secondary N) is 1. The maximum Gasteiger partial charge on any atom is 0.268 e. The van der Waals surface area contributed by atoms with Crippen LogP contribution in [0.1, 0.15) is 44.2 Å². The standard InChI is InChI=1S/C21H23F2N5O3S/c1-2-28-18(7-10-26-28)15-5-3-4-6-19(15)31-14-11-16(22)21(17(23)12-14)32(29,30)27-20-8-9-24-13-25-20/h7-13,15,19H,2-6H2,1H3,(H,24,25,27)/t15-,19?/m1/s1. The summed E-state index contributed by atoms with van der Waals surface area (Å²) >= 11 is 0. The van der Waals surface area contributed by atoms with E-state index in [1.54, 1.807) is 6.20 Å². The predicted molar refractivity (Wildman–Crippen MR) is 113 cm³/mol. The third-order valence-corrected chi connectivity index (χ3v) is 6.89. The average molecular weight is 464 g/mol. The van der Waals surface area contributed by atoms with Crippen LogP contribution in [0.2, 0.25) is 0 Å². The largest absolute Gasteiger partial charge is 0.490 e. The second kappa shape index (κ2) is 9.19. The van der Waals surface area contributed by atoms with E-state index in [0.717, 1.165) is 49.8 Å². The first-order chi connectivity index (χ1) is 15.4. The first-order valence-electron chi connectivity index (χ1n) is 10.3. The highest BCUT2D eigenvalue weighted by atomic mass is 32.2. The number of aromatic nitrogens is 4. The number of anilines is 1. The summed E-state index contributed by atoms with van der Waals surface area (Å²) in [5, 5.41) is 4.31. The van der Waals surface area contributed by atoms with Gasteiger partial charge in [0.1, 0.15) is 35.6 Å². The minimum Gasteiger partial charge on any atom is -0.490 e. The summed E-state index contributed by atoms with van der Waals surface area (Å²) in [6, 6.07) is 5.02. The number of rotatable bonds is 7. The van der Waals surface area contributed by atoms with Crippen molar-refractivity contribution in [3.05, 3.63) is 60.3 Å². The lowest BCUT2D eigenvalue weighted by molar-refractivity contribution is 0.125. The quantitative estimate of drug-likeness (QED) is 0.571. The number of sulfonamides is 1. The molecule has 170 valence electrons. The van der Waals surface area contributed by atoms with E-state index in [2.05, 4.69) is 15.1 Å². The molecule has 1 N–H and O–H groups in total. The van der Waals surface area contributed by atoms with Crippen LogP contribution in [-0.2, 0) is 16.6 Å². The van der Waals surface area contributed by atoms with Crippen LogP contribution in [0.25, 0.3) is 0 Å². The molecular weight excluding hydrogens is 440 g/mol. The molecule has 2 heterocycles. The molecule has 1 aliphatic rings. The van der Waals surface area contributed by atoms with Crippen molar-refractivity contribution in [1.82, 2.24) is 19.7 Å². The molecule has 1 aliphatic carbocycles. The Bertz CT molecular complexity index is 1160. The second-order valence-electron chi connectivity index (χ2n) is 7.54. The lowest BCUT2D eigenvalue weighted by Gasteiger charge is -2.32. The Balaban J connectivity index is 1.59. The van der Waals surface area contributed by atoms with Gasteiger partial charge in [-0.05, 0) is 38.3 Å². The van der Waals surface area contributed by atoms with E-state index >= 15 is 0 Å². The van der Waals surface area contributed by atoms with Gasteiger partial charge in [0.15, 0.2) is 4.90 Å².